The van der Waals surface area contributed by atoms with Crippen LogP contribution in [-0.2, 0) is 11.3 Å². The molecule has 0 bridgehead atoms. The SMILES string of the molecule is CN(Cc1ccccc1N1CCCC1)C(=O)COc1cc(Cl)ccc1Cl. The summed E-state index contributed by atoms with van der Waals surface area (Å²) < 4.78 is 5.55. The van der Waals surface area contributed by atoms with Crippen LogP contribution in [-0.4, -0.2) is 37.6 Å². The van der Waals surface area contributed by atoms with Crippen LogP contribution in [0.5, 0.6) is 5.75 Å². The molecule has 0 radical (unpaired) electrons. The van der Waals surface area contributed by atoms with Gasteiger partial charge in [0.2, 0.25) is 0 Å². The molecule has 3 rings (SSSR count). The van der Waals surface area contributed by atoms with E-state index in [1.807, 2.05) is 12.1 Å². The summed E-state index contributed by atoms with van der Waals surface area (Å²) in [5, 5.41) is 0.953. The second-order valence-electron chi connectivity index (χ2n) is 6.44. The molecule has 2 aromatic rings. The Labute approximate surface area is 164 Å². The van der Waals surface area contributed by atoms with E-state index in [1.165, 1.54) is 18.5 Å². The monoisotopic (exact) mass is 392 g/mol. The number of ether oxygens (including phenoxy) is 1. The maximum Gasteiger partial charge on any atom is 0.260 e. The van der Waals surface area contributed by atoms with Crippen molar-refractivity contribution in [2.24, 2.45) is 0 Å². The van der Waals surface area contributed by atoms with Gasteiger partial charge in [-0.15, -0.1) is 0 Å². The molecule has 138 valence electrons. The van der Waals surface area contributed by atoms with Crippen LogP contribution < -0.4 is 9.64 Å². The molecule has 26 heavy (non-hydrogen) atoms. The molecule has 0 aromatic heterocycles. The van der Waals surface area contributed by atoms with E-state index in [4.69, 9.17) is 27.9 Å². The zero-order valence-electron chi connectivity index (χ0n) is 14.8. The summed E-state index contributed by atoms with van der Waals surface area (Å²) >= 11 is 12.0. The predicted octanol–water partition coefficient (Wildman–Crippen LogP) is 4.63. The van der Waals surface area contributed by atoms with Crippen LogP contribution in [0.4, 0.5) is 5.69 Å². The van der Waals surface area contributed by atoms with E-state index in [1.54, 1.807) is 30.1 Å². The molecule has 1 aliphatic rings. The second-order valence-corrected chi connectivity index (χ2v) is 7.28. The summed E-state index contributed by atoms with van der Waals surface area (Å²) in [5.74, 6) is 0.302. The topological polar surface area (TPSA) is 32.8 Å². The average Bonchev–Trinajstić information content (AvgIpc) is 3.17. The van der Waals surface area contributed by atoms with E-state index < -0.39 is 0 Å². The fourth-order valence-corrected chi connectivity index (χ4v) is 3.43. The van der Waals surface area contributed by atoms with E-state index >= 15 is 0 Å². The third kappa shape index (κ3) is 4.63. The summed E-state index contributed by atoms with van der Waals surface area (Å²) in [5.41, 5.74) is 2.36. The van der Waals surface area contributed by atoms with E-state index in [0.29, 0.717) is 22.3 Å². The van der Waals surface area contributed by atoms with Crippen molar-refractivity contribution in [3.63, 3.8) is 0 Å². The Balaban J connectivity index is 1.62. The molecule has 6 heteroatoms. The summed E-state index contributed by atoms with van der Waals surface area (Å²) in [7, 11) is 1.78. The second kappa shape index (κ2) is 8.65. The van der Waals surface area contributed by atoms with Crippen LogP contribution in [0.25, 0.3) is 0 Å². The summed E-state index contributed by atoms with van der Waals surface area (Å²) in [6.07, 6.45) is 2.44. The average molecular weight is 393 g/mol. The van der Waals surface area contributed by atoms with Crippen LogP contribution >= 0.6 is 23.2 Å². The standard InChI is InChI=1S/C20H22Cl2N2O2/c1-23(20(25)14-26-19-12-16(21)8-9-17(19)22)13-15-6-2-3-7-18(15)24-10-4-5-11-24/h2-3,6-9,12H,4-5,10-11,13-14H2,1H3. The number of anilines is 1. The number of hydrogen-bond acceptors (Lipinski definition) is 3. The van der Waals surface area contributed by atoms with Gasteiger partial charge in [0.25, 0.3) is 5.91 Å². The van der Waals surface area contributed by atoms with E-state index in [-0.39, 0.29) is 12.5 Å². The van der Waals surface area contributed by atoms with Gasteiger partial charge in [0, 0.05) is 43.5 Å². The maximum atomic E-state index is 12.5. The van der Waals surface area contributed by atoms with Crippen molar-refractivity contribution in [1.29, 1.82) is 0 Å². The number of rotatable bonds is 6. The number of hydrogen-bond donors (Lipinski definition) is 0. The van der Waals surface area contributed by atoms with E-state index in [2.05, 4.69) is 17.0 Å². The highest BCUT2D eigenvalue weighted by Crippen LogP contribution is 2.28. The molecular formula is C20H22Cl2N2O2. The molecule has 1 aliphatic heterocycles. The number of para-hydroxylation sites is 1. The minimum absolute atomic E-state index is 0.0809. The Morgan fingerprint density at radius 3 is 2.65 bits per heavy atom. The highest BCUT2D eigenvalue weighted by molar-refractivity contribution is 6.34. The van der Waals surface area contributed by atoms with E-state index in [9.17, 15) is 4.79 Å². The molecule has 0 N–H and O–H groups in total. The quantitative estimate of drug-likeness (QED) is 0.718. The van der Waals surface area contributed by atoms with Gasteiger partial charge >= 0.3 is 0 Å². The van der Waals surface area contributed by atoms with Crippen molar-refractivity contribution >= 4 is 34.8 Å². The van der Waals surface area contributed by atoms with Gasteiger partial charge in [-0.2, -0.15) is 0 Å². The molecule has 0 unspecified atom stereocenters. The molecule has 0 aliphatic carbocycles. The first-order valence-electron chi connectivity index (χ1n) is 8.69. The minimum Gasteiger partial charge on any atom is -0.482 e. The van der Waals surface area contributed by atoms with Gasteiger partial charge in [0.1, 0.15) is 5.75 Å². The molecule has 4 nitrogen and oxygen atoms in total. The van der Waals surface area contributed by atoms with Crippen LogP contribution in [0.15, 0.2) is 42.5 Å². The number of nitrogens with zero attached hydrogens (tertiary/aromatic N) is 2. The Morgan fingerprint density at radius 1 is 1.15 bits per heavy atom. The molecular weight excluding hydrogens is 371 g/mol. The first-order chi connectivity index (χ1) is 12.5. The first-order valence-corrected chi connectivity index (χ1v) is 9.45. The molecule has 1 fully saturated rings. The highest BCUT2D eigenvalue weighted by atomic mass is 35.5. The largest absolute Gasteiger partial charge is 0.482 e. The van der Waals surface area contributed by atoms with Gasteiger partial charge in [0.05, 0.1) is 5.02 Å². The summed E-state index contributed by atoms with van der Waals surface area (Å²) in [6.45, 7) is 2.61. The van der Waals surface area contributed by atoms with Crippen molar-refractivity contribution in [3.05, 3.63) is 58.1 Å². The van der Waals surface area contributed by atoms with Gasteiger partial charge in [0.15, 0.2) is 6.61 Å². The first kappa shape index (κ1) is 18.9. The smallest absolute Gasteiger partial charge is 0.260 e. The summed E-state index contributed by atoms with van der Waals surface area (Å²) in [4.78, 5) is 16.5. The number of amides is 1. The molecule has 0 saturated carbocycles. The van der Waals surface area contributed by atoms with Gasteiger partial charge in [-0.05, 0) is 36.6 Å². The van der Waals surface area contributed by atoms with Gasteiger partial charge < -0.3 is 14.5 Å². The molecule has 1 heterocycles. The highest BCUT2D eigenvalue weighted by Gasteiger charge is 2.18. The number of likely N-dealkylation sites (N-methyl/N-ethyl adjacent to an activating group) is 1. The molecule has 1 amide bonds. The zero-order chi connectivity index (χ0) is 18.5. The lowest BCUT2D eigenvalue weighted by atomic mass is 10.1. The van der Waals surface area contributed by atoms with Crippen LogP contribution in [0, 0.1) is 0 Å². The molecule has 1 saturated heterocycles. The maximum absolute atomic E-state index is 12.5. The minimum atomic E-state index is -0.114. The van der Waals surface area contributed by atoms with E-state index in [0.717, 1.165) is 18.7 Å². The van der Waals surface area contributed by atoms with Crippen LogP contribution in [0.2, 0.25) is 10.0 Å². The van der Waals surface area contributed by atoms with Crippen molar-refractivity contribution in [2.75, 3.05) is 31.6 Å². The normalized spacial score (nSPS) is 13.7. The molecule has 0 spiro atoms. The number of benzene rings is 2. The number of carbonyl (C=O) groups is 1. The van der Waals surface area contributed by atoms with Crippen LogP contribution in [0.1, 0.15) is 18.4 Å². The fourth-order valence-electron chi connectivity index (χ4n) is 3.09. The van der Waals surface area contributed by atoms with Crippen molar-refractivity contribution < 1.29 is 9.53 Å². The number of carbonyl (C=O) groups excluding carboxylic acids is 1. The zero-order valence-corrected chi connectivity index (χ0v) is 16.3. The van der Waals surface area contributed by atoms with Gasteiger partial charge in [-0.3, -0.25) is 4.79 Å². The summed E-state index contributed by atoms with van der Waals surface area (Å²) in [6, 6.07) is 13.2. The molecule has 2 aromatic carbocycles. The lowest BCUT2D eigenvalue weighted by molar-refractivity contribution is -0.132. The van der Waals surface area contributed by atoms with Crippen molar-refractivity contribution in [1.82, 2.24) is 4.90 Å². The predicted molar refractivity (Wildman–Crippen MR) is 106 cm³/mol. The lowest BCUT2D eigenvalue weighted by Gasteiger charge is -2.24. The Hall–Kier alpha value is -1.91. The Bertz CT molecular complexity index is 776. The number of halogens is 2. The van der Waals surface area contributed by atoms with Crippen molar-refractivity contribution in [2.45, 2.75) is 19.4 Å². The third-order valence-electron chi connectivity index (χ3n) is 4.52. The lowest BCUT2D eigenvalue weighted by Crippen LogP contribution is -2.31. The fraction of sp³-hybridized carbons (Fsp3) is 0.350. The Kier molecular flexibility index (Phi) is 6.28. The van der Waals surface area contributed by atoms with Gasteiger partial charge in [-0.1, -0.05) is 41.4 Å². The Morgan fingerprint density at radius 2 is 1.88 bits per heavy atom. The molecule has 0 atom stereocenters. The van der Waals surface area contributed by atoms with Crippen molar-refractivity contribution in [3.8, 4) is 5.75 Å². The van der Waals surface area contributed by atoms with Crippen LogP contribution in [0.3, 0.4) is 0 Å². The van der Waals surface area contributed by atoms with Gasteiger partial charge in [-0.25, -0.2) is 0 Å². The third-order valence-corrected chi connectivity index (χ3v) is 5.06.